The van der Waals surface area contributed by atoms with E-state index in [1.165, 1.54) is 0 Å². The number of hydrogen-bond donors (Lipinski definition) is 1. The van der Waals surface area contributed by atoms with Crippen LogP contribution in [0.4, 0.5) is 5.82 Å². The second-order valence-electron chi connectivity index (χ2n) is 4.01. The summed E-state index contributed by atoms with van der Waals surface area (Å²) in [5.41, 5.74) is 9.29. The molecule has 0 aliphatic heterocycles. The summed E-state index contributed by atoms with van der Waals surface area (Å²) in [5, 5.41) is 9.77. The van der Waals surface area contributed by atoms with Gasteiger partial charge in [0.2, 0.25) is 0 Å². The first-order valence-corrected chi connectivity index (χ1v) is 6.47. The number of nitrogens with two attached hydrogens (primary N) is 1. The smallest absolute Gasteiger partial charge is 0.126 e. The molecule has 1 heterocycles. The summed E-state index contributed by atoms with van der Waals surface area (Å²) < 4.78 is 2.69. The highest BCUT2D eigenvalue weighted by Crippen LogP contribution is 2.32. The molecule has 18 heavy (non-hydrogen) atoms. The molecule has 0 saturated carbocycles. The molecule has 2 rings (SSSR count). The lowest BCUT2D eigenvalue weighted by atomic mass is 10.2. The van der Waals surface area contributed by atoms with Gasteiger partial charge in [-0.15, -0.1) is 0 Å². The van der Waals surface area contributed by atoms with Crippen molar-refractivity contribution in [3.63, 3.8) is 0 Å². The van der Waals surface area contributed by atoms with E-state index in [-0.39, 0.29) is 0 Å². The topological polar surface area (TPSA) is 54.7 Å². The fourth-order valence-electron chi connectivity index (χ4n) is 1.95. The molecule has 92 valence electrons. The third kappa shape index (κ3) is 1.90. The van der Waals surface area contributed by atoms with Crippen LogP contribution in [0.15, 0.2) is 22.7 Å². The van der Waals surface area contributed by atoms with Crippen LogP contribution in [0.2, 0.25) is 5.02 Å². The van der Waals surface area contributed by atoms with Crippen LogP contribution in [-0.4, -0.2) is 4.57 Å². The van der Waals surface area contributed by atoms with Crippen molar-refractivity contribution in [2.45, 2.75) is 13.8 Å². The van der Waals surface area contributed by atoms with Crippen molar-refractivity contribution in [1.82, 2.24) is 4.57 Å². The number of rotatable bonds is 1. The van der Waals surface area contributed by atoms with Crippen LogP contribution in [0.5, 0.6) is 0 Å². The van der Waals surface area contributed by atoms with E-state index in [1.807, 2.05) is 24.5 Å². The number of hydrogen-bond acceptors (Lipinski definition) is 2. The van der Waals surface area contributed by atoms with Gasteiger partial charge in [-0.25, -0.2) is 0 Å². The maximum atomic E-state index is 9.12. The maximum absolute atomic E-state index is 9.12. The molecule has 1 aromatic carbocycles. The lowest BCUT2D eigenvalue weighted by Gasteiger charge is -2.11. The van der Waals surface area contributed by atoms with E-state index in [4.69, 9.17) is 22.6 Å². The first-order chi connectivity index (χ1) is 8.47. The molecule has 0 aliphatic carbocycles. The minimum atomic E-state index is 0.454. The van der Waals surface area contributed by atoms with E-state index >= 15 is 0 Å². The molecule has 2 aromatic rings. The van der Waals surface area contributed by atoms with E-state index < -0.39 is 0 Å². The number of benzene rings is 1. The van der Waals surface area contributed by atoms with Gasteiger partial charge in [-0.3, -0.25) is 4.57 Å². The van der Waals surface area contributed by atoms with Crippen molar-refractivity contribution in [3.05, 3.63) is 44.5 Å². The zero-order valence-corrected chi connectivity index (χ0v) is 12.3. The van der Waals surface area contributed by atoms with Crippen LogP contribution in [-0.2, 0) is 0 Å². The zero-order chi connectivity index (χ0) is 13.4. The zero-order valence-electron chi connectivity index (χ0n) is 9.96. The standard InChI is InChI=1S/C13H11BrClN3/c1-7-8(2)18(13(17)10(7)6-16)12-4-3-9(15)5-11(12)14/h3-5H,17H2,1-2H3. The average molecular weight is 325 g/mol. The van der Waals surface area contributed by atoms with Crippen molar-refractivity contribution in [2.24, 2.45) is 0 Å². The second kappa shape index (κ2) is 4.68. The Labute approximate surface area is 119 Å². The first-order valence-electron chi connectivity index (χ1n) is 5.30. The summed E-state index contributed by atoms with van der Waals surface area (Å²) in [6.07, 6.45) is 0. The lowest BCUT2D eigenvalue weighted by molar-refractivity contribution is 1.01. The van der Waals surface area contributed by atoms with Crippen molar-refractivity contribution in [2.75, 3.05) is 5.73 Å². The number of aromatic nitrogens is 1. The van der Waals surface area contributed by atoms with Gasteiger partial charge < -0.3 is 5.73 Å². The van der Waals surface area contributed by atoms with Crippen LogP contribution in [0.1, 0.15) is 16.8 Å². The summed E-state index contributed by atoms with van der Waals surface area (Å²) in [5.74, 6) is 0.454. The molecule has 0 amide bonds. The first kappa shape index (κ1) is 13.0. The minimum absolute atomic E-state index is 0.454. The van der Waals surface area contributed by atoms with E-state index in [0.717, 1.165) is 21.4 Å². The minimum Gasteiger partial charge on any atom is -0.384 e. The van der Waals surface area contributed by atoms with Crippen LogP contribution in [0.25, 0.3) is 5.69 Å². The molecule has 0 saturated heterocycles. The van der Waals surface area contributed by atoms with Crippen molar-refractivity contribution in [3.8, 4) is 11.8 Å². The Hall–Kier alpha value is -1.44. The molecule has 1 aromatic heterocycles. The fraction of sp³-hybridized carbons (Fsp3) is 0.154. The van der Waals surface area contributed by atoms with Crippen molar-refractivity contribution < 1.29 is 0 Å². The summed E-state index contributed by atoms with van der Waals surface area (Å²) in [7, 11) is 0. The normalized spacial score (nSPS) is 10.4. The number of nitrogen functional groups attached to an aromatic ring is 1. The predicted octanol–water partition coefficient (Wildman–Crippen LogP) is 3.96. The molecule has 3 nitrogen and oxygen atoms in total. The summed E-state index contributed by atoms with van der Waals surface area (Å²) in [4.78, 5) is 0. The Bertz CT molecular complexity index is 668. The predicted molar refractivity (Wildman–Crippen MR) is 77.1 cm³/mol. The molecule has 0 fully saturated rings. The summed E-state index contributed by atoms with van der Waals surface area (Å²) >= 11 is 9.39. The van der Waals surface area contributed by atoms with Crippen molar-refractivity contribution >= 4 is 33.3 Å². The highest BCUT2D eigenvalue weighted by Gasteiger charge is 2.17. The highest BCUT2D eigenvalue weighted by atomic mass is 79.9. The Morgan fingerprint density at radius 2 is 2.06 bits per heavy atom. The molecular weight excluding hydrogens is 314 g/mol. The third-order valence-corrected chi connectivity index (χ3v) is 3.88. The Morgan fingerprint density at radius 3 is 2.56 bits per heavy atom. The van der Waals surface area contributed by atoms with Crippen LogP contribution >= 0.6 is 27.5 Å². The molecule has 2 N–H and O–H groups in total. The monoisotopic (exact) mass is 323 g/mol. The van der Waals surface area contributed by atoms with Gasteiger partial charge in [0.05, 0.1) is 11.3 Å². The molecule has 0 aliphatic rings. The SMILES string of the molecule is Cc1c(C#N)c(N)n(-c2ccc(Cl)cc2Br)c1C. The Balaban J connectivity index is 2.77. The third-order valence-electron chi connectivity index (χ3n) is 3.01. The summed E-state index contributed by atoms with van der Waals surface area (Å²) in [6.45, 7) is 3.83. The van der Waals surface area contributed by atoms with E-state index in [9.17, 15) is 0 Å². The largest absolute Gasteiger partial charge is 0.384 e. The van der Waals surface area contributed by atoms with Gasteiger partial charge in [0.15, 0.2) is 0 Å². The molecule has 0 atom stereocenters. The molecule has 0 spiro atoms. The van der Waals surface area contributed by atoms with Gasteiger partial charge in [-0.2, -0.15) is 5.26 Å². The maximum Gasteiger partial charge on any atom is 0.126 e. The van der Waals surface area contributed by atoms with Crippen LogP contribution in [0.3, 0.4) is 0 Å². The second-order valence-corrected chi connectivity index (χ2v) is 5.30. The molecule has 0 radical (unpaired) electrons. The Morgan fingerprint density at radius 1 is 1.39 bits per heavy atom. The van der Waals surface area contributed by atoms with E-state index in [2.05, 4.69) is 22.0 Å². The summed E-state index contributed by atoms with van der Waals surface area (Å²) in [6, 6.07) is 7.61. The van der Waals surface area contributed by atoms with Crippen LogP contribution < -0.4 is 5.73 Å². The fourth-order valence-corrected chi connectivity index (χ4v) is 2.81. The van der Waals surface area contributed by atoms with E-state index in [0.29, 0.717) is 16.4 Å². The molecule has 5 heteroatoms. The molecule has 0 bridgehead atoms. The average Bonchev–Trinajstić information content (AvgIpc) is 2.52. The number of halogens is 2. The number of nitrogens with zero attached hydrogens (tertiary/aromatic N) is 2. The van der Waals surface area contributed by atoms with Gasteiger partial charge >= 0.3 is 0 Å². The quantitative estimate of drug-likeness (QED) is 0.863. The van der Waals surface area contributed by atoms with Gasteiger partial charge in [-0.1, -0.05) is 11.6 Å². The highest BCUT2D eigenvalue weighted by molar-refractivity contribution is 9.10. The lowest BCUT2D eigenvalue weighted by Crippen LogP contribution is -2.03. The van der Waals surface area contributed by atoms with Gasteiger partial charge in [0.25, 0.3) is 0 Å². The van der Waals surface area contributed by atoms with Gasteiger partial charge in [0, 0.05) is 15.2 Å². The van der Waals surface area contributed by atoms with Crippen molar-refractivity contribution in [1.29, 1.82) is 5.26 Å². The van der Waals surface area contributed by atoms with Crippen LogP contribution in [0, 0.1) is 25.2 Å². The number of anilines is 1. The van der Waals surface area contributed by atoms with Gasteiger partial charge in [0.1, 0.15) is 11.9 Å². The number of nitriles is 1. The molecule has 0 unspecified atom stereocenters. The molecular formula is C13H11BrClN3. The Kier molecular flexibility index (Phi) is 3.38. The van der Waals surface area contributed by atoms with Gasteiger partial charge in [-0.05, 0) is 53.5 Å². The van der Waals surface area contributed by atoms with E-state index in [1.54, 1.807) is 12.1 Å².